The van der Waals surface area contributed by atoms with E-state index in [1.807, 2.05) is 13.8 Å². The normalized spacial score (nSPS) is 20.0. The average Bonchev–Trinajstić information content (AvgIpc) is 2.44. The molecule has 0 fully saturated rings. The largest absolute Gasteiger partial charge is 0.479 e. The number of aliphatic carboxylic acids is 1. The molecule has 1 atom stereocenters. The molecule has 0 saturated heterocycles. The highest BCUT2D eigenvalue weighted by atomic mass is 17.2. The third-order valence-corrected chi connectivity index (χ3v) is 4.33. The molecule has 1 N–H and O–H groups in total. The monoisotopic (exact) mass is 310 g/mol. The van der Waals surface area contributed by atoms with Gasteiger partial charge in [0, 0.05) is 0 Å². The lowest BCUT2D eigenvalue weighted by Gasteiger charge is -2.29. The molecule has 0 aliphatic heterocycles. The molecule has 1 aliphatic carbocycles. The number of allylic oxidation sites excluding steroid dienone is 2. The zero-order valence-corrected chi connectivity index (χ0v) is 14.6. The van der Waals surface area contributed by atoms with Crippen LogP contribution in [0.15, 0.2) is 23.3 Å². The molecule has 22 heavy (non-hydrogen) atoms. The Morgan fingerprint density at radius 2 is 2.09 bits per heavy atom. The number of carbonyl (C=O) groups is 1. The van der Waals surface area contributed by atoms with Gasteiger partial charge < -0.3 is 5.11 Å². The van der Waals surface area contributed by atoms with Gasteiger partial charge in [-0.25, -0.2) is 14.6 Å². The number of hydrogen-bond donors (Lipinski definition) is 1. The third kappa shape index (κ3) is 4.96. The van der Waals surface area contributed by atoms with E-state index < -0.39 is 11.6 Å². The standard InChI is InChI=1S/C18H30O4/c1-6-8-10-18(7-2,16(19)20)22-21-13-15-9-11-17(4,5)12-14(15)3/h9,11H,6-8,10,12-13H2,1-5H3,(H,19,20). The molecule has 0 spiro atoms. The highest BCUT2D eigenvalue weighted by Crippen LogP contribution is 2.33. The van der Waals surface area contributed by atoms with Crippen LogP contribution in [-0.4, -0.2) is 23.3 Å². The first-order valence-corrected chi connectivity index (χ1v) is 8.18. The van der Waals surface area contributed by atoms with Crippen LogP contribution in [0.25, 0.3) is 0 Å². The van der Waals surface area contributed by atoms with Gasteiger partial charge in [0.15, 0.2) is 5.60 Å². The van der Waals surface area contributed by atoms with Crippen LogP contribution in [-0.2, 0) is 14.6 Å². The second-order valence-electron chi connectivity index (χ2n) is 6.91. The van der Waals surface area contributed by atoms with Crippen LogP contribution in [0, 0.1) is 5.41 Å². The molecule has 0 aromatic rings. The van der Waals surface area contributed by atoms with Crippen LogP contribution in [0.5, 0.6) is 0 Å². The van der Waals surface area contributed by atoms with E-state index in [4.69, 9.17) is 9.78 Å². The van der Waals surface area contributed by atoms with Crippen LogP contribution >= 0.6 is 0 Å². The number of hydrogen-bond acceptors (Lipinski definition) is 3. The molecule has 4 heteroatoms. The van der Waals surface area contributed by atoms with Gasteiger partial charge in [0.2, 0.25) is 0 Å². The maximum atomic E-state index is 11.6. The molecule has 0 heterocycles. The van der Waals surface area contributed by atoms with Crippen molar-refractivity contribution in [3.8, 4) is 0 Å². The summed E-state index contributed by atoms with van der Waals surface area (Å²) in [4.78, 5) is 22.3. The van der Waals surface area contributed by atoms with Crippen molar-refractivity contribution in [3.63, 3.8) is 0 Å². The van der Waals surface area contributed by atoms with Crippen molar-refractivity contribution in [2.24, 2.45) is 5.41 Å². The van der Waals surface area contributed by atoms with Gasteiger partial charge in [-0.15, -0.1) is 0 Å². The summed E-state index contributed by atoms with van der Waals surface area (Å²) in [7, 11) is 0. The first-order valence-electron chi connectivity index (χ1n) is 8.18. The van der Waals surface area contributed by atoms with Crippen LogP contribution in [0.1, 0.15) is 66.7 Å². The van der Waals surface area contributed by atoms with Crippen molar-refractivity contribution in [2.45, 2.75) is 72.3 Å². The van der Waals surface area contributed by atoms with E-state index in [2.05, 4.69) is 32.9 Å². The van der Waals surface area contributed by atoms with Crippen molar-refractivity contribution in [3.05, 3.63) is 23.3 Å². The molecule has 4 nitrogen and oxygen atoms in total. The molecular weight excluding hydrogens is 280 g/mol. The summed E-state index contributed by atoms with van der Waals surface area (Å²) in [5.74, 6) is -0.950. The summed E-state index contributed by atoms with van der Waals surface area (Å²) < 4.78 is 0. The Labute approximate surface area is 134 Å². The Morgan fingerprint density at radius 3 is 2.59 bits per heavy atom. The topological polar surface area (TPSA) is 55.8 Å². The Bertz CT molecular complexity index is 448. The first-order chi connectivity index (χ1) is 10.3. The molecule has 1 aliphatic rings. The van der Waals surface area contributed by atoms with Crippen LogP contribution in [0.2, 0.25) is 0 Å². The summed E-state index contributed by atoms with van der Waals surface area (Å²) in [6.45, 7) is 10.6. The lowest BCUT2D eigenvalue weighted by molar-refractivity contribution is -0.351. The van der Waals surface area contributed by atoms with E-state index in [1.165, 1.54) is 5.57 Å². The van der Waals surface area contributed by atoms with Crippen LogP contribution < -0.4 is 0 Å². The first kappa shape index (κ1) is 18.9. The van der Waals surface area contributed by atoms with Gasteiger partial charge in [-0.05, 0) is 37.2 Å². The molecule has 0 saturated carbocycles. The molecule has 0 amide bonds. The maximum Gasteiger partial charge on any atom is 0.339 e. The van der Waals surface area contributed by atoms with E-state index in [9.17, 15) is 9.90 Å². The highest BCUT2D eigenvalue weighted by molar-refractivity contribution is 5.77. The van der Waals surface area contributed by atoms with Crippen molar-refractivity contribution in [1.82, 2.24) is 0 Å². The van der Waals surface area contributed by atoms with E-state index >= 15 is 0 Å². The number of rotatable bonds is 9. The van der Waals surface area contributed by atoms with Crippen LogP contribution in [0.4, 0.5) is 0 Å². The predicted molar refractivity (Wildman–Crippen MR) is 87.5 cm³/mol. The SMILES string of the molecule is CCCCC(CC)(OOCC1=C(C)CC(C)(C)C=C1)C(=O)O. The van der Waals surface area contributed by atoms with Gasteiger partial charge in [0.05, 0.1) is 0 Å². The summed E-state index contributed by atoms with van der Waals surface area (Å²) in [5.41, 5.74) is 1.28. The maximum absolute atomic E-state index is 11.6. The second kappa shape index (κ2) is 7.93. The minimum absolute atomic E-state index is 0.170. The van der Waals surface area contributed by atoms with Gasteiger partial charge >= 0.3 is 5.97 Å². The zero-order valence-electron chi connectivity index (χ0n) is 14.6. The number of carboxylic acid groups (broad SMARTS) is 1. The number of unbranched alkanes of at least 4 members (excludes halogenated alkanes) is 1. The summed E-state index contributed by atoms with van der Waals surface area (Å²) in [6.07, 6.45) is 7.80. The molecular formula is C18H30O4. The molecule has 1 rings (SSSR count). The quantitative estimate of drug-likeness (QED) is 0.497. The van der Waals surface area contributed by atoms with Gasteiger partial charge in [0.25, 0.3) is 0 Å². The molecule has 0 radical (unpaired) electrons. The van der Waals surface area contributed by atoms with Gasteiger partial charge in [-0.2, -0.15) is 0 Å². The minimum Gasteiger partial charge on any atom is -0.479 e. The van der Waals surface area contributed by atoms with E-state index in [0.717, 1.165) is 24.8 Å². The van der Waals surface area contributed by atoms with Gasteiger partial charge in [-0.3, -0.25) is 0 Å². The third-order valence-electron chi connectivity index (χ3n) is 4.33. The molecule has 0 aromatic heterocycles. The molecule has 0 aromatic carbocycles. The number of carboxylic acids is 1. The zero-order chi connectivity index (χ0) is 16.8. The van der Waals surface area contributed by atoms with Crippen LogP contribution in [0.3, 0.4) is 0 Å². The fourth-order valence-electron chi connectivity index (χ4n) is 2.73. The Balaban J connectivity index is 2.64. The summed E-state index contributed by atoms with van der Waals surface area (Å²) in [6, 6.07) is 0. The van der Waals surface area contributed by atoms with Crippen molar-refractivity contribution in [2.75, 3.05) is 6.61 Å². The van der Waals surface area contributed by atoms with Crippen molar-refractivity contribution < 1.29 is 19.7 Å². The van der Waals surface area contributed by atoms with E-state index in [0.29, 0.717) is 19.4 Å². The molecule has 0 bridgehead atoms. The van der Waals surface area contributed by atoms with Crippen molar-refractivity contribution in [1.29, 1.82) is 0 Å². The summed E-state index contributed by atoms with van der Waals surface area (Å²) >= 11 is 0. The van der Waals surface area contributed by atoms with E-state index in [1.54, 1.807) is 0 Å². The smallest absolute Gasteiger partial charge is 0.339 e. The van der Waals surface area contributed by atoms with E-state index in [-0.39, 0.29) is 5.41 Å². The van der Waals surface area contributed by atoms with Gasteiger partial charge in [-0.1, -0.05) is 58.3 Å². The fourth-order valence-corrected chi connectivity index (χ4v) is 2.73. The Kier molecular flexibility index (Phi) is 6.82. The highest BCUT2D eigenvalue weighted by Gasteiger charge is 2.39. The molecule has 1 unspecified atom stereocenters. The fraction of sp³-hybridized carbons (Fsp3) is 0.722. The molecule has 126 valence electrons. The van der Waals surface area contributed by atoms with Crippen molar-refractivity contribution >= 4 is 5.97 Å². The predicted octanol–water partition coefficient (Wildman–Crippen LogP) is 4.66. The second-order valence-corrected chi connectivity index (χ2v) is 6.91. The van der Waals surface area contributed by atoms with Gasteiger partial charge in [0.1, 0.15) is 6.61 Å². The summed E-state index contributed by atoms with van der Waals surface area (Å²) in [5, 5.41) is 9.48. The average molecular weight is 310 g/mol. The Hall–Kier alpha value is -1.13. The lowest BCUT2D eigenvalue weighted by atomic mass is 9.80. The lowest BCUT2D eigenvalue weighted by Crippen LogP contribution is -2.41. The minimum atomic E-state index is -1.23. The Morgan fingerprint density at radius 1 is 1.41 bits per heavy atom.